The molecule has 4 nitrogen and oxygen atoms in total. The molecule has 0 spiro atoms. The monoisotopic (exact) mass is 352 g/mol. The van der Waals surface area contributed by atoms with Crippen molar-refractivity contribution in [2.24, 2.45) is 0 Å². The lowest BCUT2D eigenvalue weighted by molar-refractivity contribution is -0.145. The summed E-state index contributed by atoms with van der Waals surface area (Å²) in [7, 11) is -3.62. The second-order valence-electron chi connectivity index (χ2n) is 5.24. The molecule has 23 heavy (non-hydrogen) atoms. The third kappa shape index (κ3) is 4.81. The van der Waals surface area contributed by atoms with Crippen molar-refractivity contribution in [3.8, 4) is 0 Å². The summed E-state index contributed by atoms with van der Waals surface area (Å²) in [6.45, 7) is 3.19. The van der Waals surface area contributed by atoms with Crippen molar-refractivity contribution >= 4 is 27.4 Å². The largest absolute Gasteiger partial charge is 0.457 e. The zero-order valence-electron chi connectivity index (χ0n) is 12.8. The molecule has 0 aliphatic carbocycles. The van der Waals surface area contributed by atoms with Crippen LogP contribution < -0.4 is 0 Å². The minimum atomic E-state index is -3.62. The third-order valence-corrected chi connectivity index (χ3v) is 5.28. The Hall–Kier alpha value is -1.85. The number of hydrogen-bond acceptors (Lipinski definition) is 4. The van der Waals surface area contributed by atoms with Gasteiger partial charge in [0.2, 0.25) is 0 Å². The normalized spacial score (nSPS) is 12.7. The van der Waals surface area contributed by atoms with Gasteiger partial charge in [-0.05, 0) is 36.8 Å². The van der Waals surface area contributed by atoms with E-state index in [1.165, 1.54) is 31.2 Å². The number of rotatable bonds is 5. The highest BCUT2D eigenvalue weighted by Crippen LogP contribution is 2.24. The summed E-state index contributed by atoms with van der Waals surface area (Å²) in [5.74, 6) is -0.848. The summed E-state index contributed by atoms with van der Waals surface area (Å²) in [6, 6.07) is 13.1. The molecule has 0 saturated heterocycles. The molecule has 0 saturated carbocycles. The number of aryl methyl sites for hydroxylation is 1. The highest BCUT2D eigenvalue weighted by molar-refractivity contribution is 7.91. The van der Waals surface area contributed by atoms with Gasteiger partial charge in [-0.3, -0.25) is 4.79 Å². The molecule has 0 amide bonds. The Labute approximate surface area is 141 Å². The first-order valence-corrected chi connectivity index (χ1v) is 9.03. The Bertz CT molecular complexity index is 780. The predicted molar refractivity (Wildman–Crippen MR) is 89.2 cm³/mol. The van der Waals surface area contributed by atoms with Crippen LogP contribution >= 0.6 is 11.6 Å². The van der Waals surface area contributed by atoms with E-state index in [1.807, 2.05) is 19.1 Å². The quantitative estimate of drug-likeness (QED) is 0.769. The number of ether oxygens (including phenoxy) is 1. The molecular weight excluding hydrogens is 336 g/mol. The second kappa shape index (κ2) is 7.15. The maximum absolute atomic E-state index is 12.5. The van der Waals surface area contributed by atoms with Crippen LogP contribution in [0.2, 0.25) is 5.02 Å². The highest BCUT2D eigenvalue weighted by Gasteiger charge is 2.25. The maximum Gasteiger partial charge on any atom is 0.303 e. The molecule has 0 aromatic heterocycles. The average Bonchev–Trinajstić information content (AvgIpc) is 2.47. The summed E-state index contributed by atoms with van der Waals surface area (Å²) in [6.07, 6.45) is -0.853. The van der Waals surface area contributed by atoms with Gasteiger partial charge in [-0.2, -0.15) is 0 Å². The van der Waals surface area contributed by atoms with Gasteiger partial charge in [0.25, 0.3) is 0 Å². The molecule has 0 bridgehead atoms. The number of hydrogen-bond donors (Lipinski definition) is 0. The summed E-state index contributed by atoms with van der Waals surface area (Å²) in [5, 5.41) is 0.457. The van der Waals surface area contributed by atoms with Crippen LogP contribution in [0.4, 0.5) is 0 Å². The molecule has 2 aromatic rings. The van der Waals surface area contributed by atoms with Crippen LogP contribution in [0.25, 0.3) is 0 Å². The zero-order valence-corrected chi connectivity index (χ0v) is 14.4. The van der Waals surface area contributed by atoms with Crippen LogP contribution in [0.15, 0.2) is 53.4 Å². The van der Waals surface area contributed by atoms with Crippen LogP contribution in [0.3, 0.4) is 0 Å². The first kappa shape index (κ1) is 17.5. The van der Waals surface area contributed by atoms with Crippen molar-refractivity contribution in [1.29, 1.82) is 0 Å². The van der Waals surface area contributed by atoms with Crippen molar-refractivity contribution in [2.75, 3.05) is 5.75 Å². The lowest BCUT2D eigenvalue weighted by atomic mass is 10.1. The fourth-order valence-corrected chi connectivity index (χ4v) is 3.65. The number of halogens is 1. The number of benzene rings is 2. The fraction of sp³-hybridized carbons (Fsp3) is 0.235. The fourth-order valence-electron chi connectivity index (χ4n) is 2.12. The van der Waals surface area contributed by atoms with E-state index < -0.39 is 21.9 Å². The van der Waals surface area contributed by atoms with Crippen molar-refractivity contribution in [3.63, 3.8) is 0 Å². The minimum Gasteiger partial charge on any atom is -0.457 e. The third-order valence-electron chi connectivity index (χ3n) is 3.30. The standard InChI is InChI=1S/C17H17ClO4S/c1-12-3-5-14(6-4-12)17(22-13(2)19)11-23(20,21)16-9-7-15(18)8-10-16/h3-10,17H,11H2,1-2H3. The summed E-state index contributed by atoms with van der Waals surface area (Å²) in [5.41, 5.74) is 1.68. The molecule has 1 unspecified atom stereocenters. The maximum atomic E-state index is 12.5. The number of carbonyl (C=O) groups excluding carboxylic acids is 1. The highest BCUT2D eigenvalue weighted by atomic mass is 35.5. The Balaban J connectivity index is 2.31. The van der Waals surface area contributed by atoms with Crippen molar-refractivity contribution in [3.05, 3.63) is 64.7 Å². The Kier molecular flexibility index (Phi) is 5.44. The molecule has 0 heterocycles. The van der Waals surface area contributed by atoms with E-state index >= 15 is 0 Å². The predicted octanol–water partition coefficient (Wildman–Crippen LogP) is 3.73. The van der Waals surface area contributed by atoms with E-state index in [0.29, 0.717) is 10.6 Å². The summed E-state index contributed by atoms with van der Waals surface area (Å²) in [4.78, 5) is 11.5. The Morgan fingerprint density at radius 3 is 2.17 bits per heavy atom. The van der Waals surface area contributed by atoms with Gasteiger partial charge >= 0.3 is 5.97 Å². The smallest absolute Gasteiger partial charge is 0.303 e. The molecule has 1 atom stereocenters. The Morgan fingerprint density at radius 2 is 1.65 bits per heavy atom. The summed E-state index contributed by atoms with van der Waals surface area (Å²) < 4.78 is 30.3. The first-order valence-electron chi connectivity index (χ1n) is 7.00. The van der Waals surface area contributed by atoms with Gasteiger partial charge in [-0.1, -0.05) is 41.4 Å². The van der Waals surface area contributed by atoms with Gasteiger partial charge in [0.05, 0.1) is 10.6 Å². The van der Waals surface area contributed by atoms with Crippen LogP contribution in [0, 0.1) is 6.92 Å². The van der Waals surface area contributed by atoms with Gasteiger partial charge in [0, 0.05) is 11.9 Å². The molecule has 2 aromatic carbocycles. The van der Waals surface area contributed by atoms with E-state index in [0.717, 1.165) is 5.56 Å². The molecule has 0 aliphatic rings. The van der Waals surface area contributed by atoms with Crippen molar-refractivity contribution in [2.45, 2.75) is 24.8 Å². The van der Waals surface area contributed by atoms with E-state index in [9.17, 15) is 13.2 Å². The van der Waals surface area contributed by atoms with Crippen molar-refractivity contribution in [1.82, 2.24) is 0 Å². The van der Waals surface area contributed by atoms with Crippen LogP contribution in [0.5, 0.6) is 0 Å². The topological polar surface area (TPSA) is 60.4 Å². The van der Waals surface area contributed by atoms with Gasteiger partial charge in [0.15, 0.2) is 9.84 Å². The SMILES string of the molecule is CC(=O)OC(CS(=O)(=O)c1ccc(Cl)cc1)c1ccc(C)cc1. The molecule has 0 fully saturated rings. The van der Waals surface area contributed by atoms with E-state index in [-0.39, 0.29) is 10.6 Å². The molecule has 6 heteroatoms. The number of esters is 1. The average molecular weight is 353 g/mol. The minimum absolute atomic E-state index is 0.145. The van der Waals surface area contributed by atoms with Crippen LogP contribution in [0.1, 0.15) is 24.2 Å². The zero-order chi connectivity index (χ0) is 17.0. The lowest BCUT2D eigenvalue weighted by Gasteiger charge is -2.18. The van der Waals surface area contributed by atoms with Gasteiger partial charge in [0.1, 0.15) is 6.10 Å². The molecule has 122 valence electrons. The second-order valence-corrected chi connectivity index (χ2v) is 7.71. The summed E-state index contributed by atoms with van der Waals surface area (Å²) >= 11 is 5.78. The van der Waals surface area contributed by atoms with Crippen molar-refractivity contribution < 1.29 is 17.9 Å². The van der Waals surface area contributed by atoms with Gasteiger partial charge < -0.3 is 4.74 Å². The molecular formula is C17H17ClO4S. The molecule has 0 aliphatic heterocycles. The molecule has 0 radical (unpaired) electrons. The molecule has 2 rings (SSSR count). The van der Waals surface area contributed by atoms with E-state index in [1.54, 1.807) is 12.1 Å². The van der Waals surface area contributed by atoms with Crippen LogP contribution in [-0.4, -0.2) is 20.1 Å². The number of carbonyl (C=O) groups is 1. The first-order chi connectivity index (χ1) is 10.8. The number of sulfone groups is 1. The lowest BCUT2D eigenvalue weighted by Crippen LogP contribution is -2.19. The van der Waals surface area contributed by atoms with Crippen LogP contribution in [-0.2, 0) is 19.4 Å². The van der Waals surface area contributed by atoms with E-state index in [2.05, 4.69) is 0 Å². The molecule has 0 N–H and O–H groups in total. The van der Waals surface area contributed by atoms with Gasteiger partial charge in [-0.15, -0.1) is 0 Å². The Morgan fingerprint density at radius 1 is 1.09 bits per heavy atom. The van der Waals surface area contributed by atoms with E-state index in [4.69, 9.17) is 16.3 Å². The van der Waals surface area contributed by atoms with Gasteiger partial charge in [-0.25, -0.2) is 8.42 Å².